The van der Waals surface area contributed by atoms with Crippen molar-refractivity contribution in [2.75, 3.05) is 0 Å². The van der Waals surface area contributed by atoms with Crippen LogP contribution < -0.4 is 4.74 Å². The summed E-state index contributed by atoms with van der Waals surface area (Å²) in [4.78, 5) is 11.5. The first-order chi connectivity index (χ1) is 10.7. The van der Waals surface area contributed by atoms with E-state index >= 15 is 0 Å². The Hall–Kier alpha value is -3.01. The highest BCUT2D eigenvalue weighted by atomic mass is 19.4. The van der Waals surface area contributed by atoms with Gasteiger partial charge in [0.05, 0.1) is 17.2 Å². The third-order valence-electron chi connectivity index (χ3n) is 3.00. The predicted molar refractivity (Wildman–Crippen MR) is 74.3 cm³/mol. The van der Waals surface area contributed by atoms with Crippen LogP contribution >= 0.6 is 0 Å². The van der Waals surface area contributed by atoms with Crippen LogP contribution in [-0.2, 0) is 6.18 Å². The van der Waals surface area contributed by atoms with Gasteiger partial charge in [0.25, 0.3) is 0 Å². The number of phenols is 1. The minimum atomic E-state index is -4.72. The Morgan fingerprint density at radius 1 is 1.26 bits per heavy atom. The standard InChI is InChI=1S/C16H10F3NO3/c1-9(21)15-13(22)3-2-4-14(15)23-11-6-5-10(8-20)12(7-11)16(17,18)19/h2-7,22H,1H3. The monoisotopic (exact) mass is 321 g/mol. The van der Waals surface area contributed by atoms with Crippen LogP contribution in [0.25, 0.3) is 0 Å². The van der Waals surface area contributed by atoms with Gasteiger partial charge in [0, 0.05) is 0 Å². The number of phenolic OH excluding ortho intramolecular Hbond substituents is 1. The minimum Gasteiger partial charge on any atom is -0.507 e. The van der Waals surface area contributed by atoms with E-state index in [2.05, 4.69) is 0 Å². The Balaban J connectivity index is 2.49. The quantitative estimate of drug-likeness (QED) is 0.857. The molecule has 2 rings (SSSR count). The zero-order valence-corrected chi connectivity index (χ0v) is 11.8. The van der Waals surface area contributed by atoms with Gasteiger partial charge in [0.1, 0.15) is 22.8 Å². The Kier molecular flexibility index (Phi) is 4.27. The number of ether oxygens (including phenoxy) is 1. The third kappa shape index (κ3) is 3.43. The second kappa shape index (κ2) is 6.01. The molecule has 0 aliphatic heterocycles. The SMILES string of the molecule is CC(=O)c1c(O)cccc1Oc1ccc(C#N)c(C(F)(F)F)c1. The van der Waals surface area contributed by atoms with Crippen molar-refractivity contribution in [3.05, 3.63) is 53.1 Å². The summed E-state index contributed by atoms with van der Waals surface area (Å²) in [7, 11) is 0. The van der Waals surface area contributed by atoms with Crippen molar-refractivity contribution in [1.29, 1.82) is 5.26 Å². The van der Waals surface area contributed by atoms with Crippen LogP contribution in [0.1, 0.15) is 28.4 Å². The lowest BCUT2D eigenvalue weighted by Crippen LogP contribution is -2.08. The first-order valence-corrected chi connectivity index (χ1v) is 6.36. The fourth-order valence-electron chi connectivity index (χ4n) is 2.00. The summed E-state index contributed by atoms with van der Waals surface area (Å²) in [5.74, 6) is -1.11. The summed E-state index contributed by atoms with van der Waals surface area (Å²) in [6.07, 6.45) is -4.72. The van der Waals surface area contributed by atoms with Crippen molar-refractivity contribution >= 4 is 5.78 Å². The predicted octanol–water partition coefficient (Wildman–Crippen LogP) is 4.28. The van der Waals surface area contributed by atoms with E-state index in [-0.39, 0.29) is 22.8 Å². The summed E-state index contributed by atoms with van der Waals surface area (Å²) >= 11 is 0. The molecule has 0 spiro atoms. The highest BCUT2D eigenvalue weighted by molar-refractivity contribution is 5.99. The molecule has 0 saturated carbocycles. The fraction of sp³-hybridized carbons (Fsp3) is 0.125. The first kappa shape index (κ1) is 16.4. The van der Waals surface area contributed by atoms with Crippen LogP contribution in [-0.4, -0.2) is 10.9 Å². The van der Waals surface area contributed by atoms with E-state index in [1.54, 1.807) is 0 Å². The zero-order valence-electron chi connectivity index (χ0n) is 11.8. The molecule has 0 aliphatic rings. The second-order valence-electron chi connectivity index (χ2n) is 4.63. The molecule has 7 heteroatoms. The number of hydrogen-bond acceptors (Lipinski definition) is 4. The lowest BCUT2D eigenvalue weighted by molar-refractivity contribution is -0.137. The maximum absolute atomic E-state index is 12.9. The summed E-state index contributed by atoms with van der Waals surface area (Å²) in [5, 5.41) is 18.4. The molecule has 2 aromatic carbocycles. The molecule has 0 amide bonds. The van der Waals surface area contributed by atoms with Gasteiger partial charge in [0.15, 0.2) is 5.78 Å². The highest BCUT2D eigenvalue weighted by Crippen LogP contribution is 2.37. The van der Waals surface area contributed by atoms with Crippen LogP contribution in [0.15, 0.2) is 36.4 Å². The van der Waals surface area contributed by atoms with Gasteiger partial charge in [0.2, 0.25) is 0 Å². The molecule has 0 bridgehead atoms. The Morgan fingerprint density at radius 2 is 1.96 bits per heavy atom. The number of carbonyl (C=O) groups is 1. The van der Waals surface area contributed by atoms with Crippen LogP contribution in [0.2, 0.25) is 0 Å². The topological polar surface area (TPSA) is 70.3 Å². The molecular weight excluding hydrogens is 311 g/mol. The molecule has 0 aromatic heterocycles. The van der Waals surface area contributed by atoms with Crippen molar-refractivity contribution in [2.45, 2.75) is 13.1 Å². The van der Waals surface area contributed by atoms with Gasteiger partial charge in [-0.3, -0.25) is 4.79 Å². The van der Waals surface area contributed by atoms with Gasteiger partial charge in [-0.25, -0.2) is 0 Å². The summed E-state index contributed by atoms with van der Waals surface area (Å²) in [6.45, 7) is 1.20. The smallest absolute Gasteiger partial charge is 0.417 e. The number of nitrogens with zero attached hydrogens (tertiary/aromatic N) is 1. The molecular formula is C16H10F3NO3. The molecule has 0 heterocycles. The van der Waals surface area contributed by atoms with E-state index in [4.69, 9.17) is 10.00 Å². The molecule has 4 nitrogen and oxygen atoms in total. The Morgan fingerprint density at radius 3 is 2.52 bits per heavy atom. The van der Waals surface area contributed by atoms with Gasteiger partial charge in [-0.05, 0) is 37.3 Å². The van der Waals surface area contributed by atoms with Crippen molar-refractivity contribution in [2.24, 2.45) is 0 Å². The lowest BCUT2D eigenvalue weighted by Gasteiger charge is -2.13. The molecule has 0 saturated heterocycles. The molecule has 0 radical (unpaired) electrons. The average molecular weight is 321 g/mol. The summed E-state index contributed by atoms with van der Waals surface area (Å²) < 4.78 is 44.1. The van der Waals surface area contributed by atoms with Gasteiger partial charge in [-0.1, -0.05) is 6.07 Å². The van der Waals surface area contributed by atoms with Crippen molar-refractivity contribution in [3.63, 3.8) is 0 Å². The third-order valence-corrected chi connectivity index (χ3v) is 3.00. The van der Waals surface area contributed by atoms with Crippen LogP contribution in [0.3, 0.4) is 0 Å². The van der Waals surface area contributed by atoms with Crippen LogP contribution in [0.4, 0.5) is 13.2 Å². The second-order valence-corrected chi connectivity index (χ2v) is 4.63. The molecule has 0 unspecified atom stereocenters. The van der Waals surface area contributed by atoms with Gasteiger partial charge in [-0.15, -0.1) is 0 Å². The maximum Gasteiger partial charge on any atom is 0.417 e. The Bertz CT molecular complexity index is 807. The fourth-order valence-corrected chi connectivity index (χ4v) is 2.00. The van der Waals surface area contributed by atoms with E-state index < -0.39 is 23.1 Å². The van der Waals surface area contributed by atoms with Crippen LogP contribution in [0.5, 0.6) is 17.2 Å². The number of rotatable bonds is 3. The van der Waals surface area contributed by atoms with Gasteiger partial charge >= 0.3 is 6.18 Å². The van der Waals surface area contributed by atoms with Crippen molar-refractivity contribution in [3.8, 4) is 23.3 Å². The highest BCUT2D eigenvalue weighted by Gasteiger charge is 2.34. The first-order valence-electron chi connectivity index (χ1n) is 6.36. The summed E-state index contributed by atoms with van der Waals surface area (Å²) in [5.41, 5.74) is -1.81. The van der Waals surface area contributed by atoms with Crippen LogP contribution in [0, 0.1) is 11.3 Å². The number of halogens is 3. The van der Waals surface area contributed by atoms with E-state index in [1.165, 1.54) is 37.3 Å². The molecule has 1 N–H and O–H groups in total. The molecule has 0 aliphatic carbocycles. The van der Waals surface area contributed by atoms with Gasteiger partial charge < -0.3 is 9.84 Å². The lowest BCUT2D eigenvalue weighted by atomic mass is 10.1. The molecule has 2 aromatic rings. The number of alkyl halides is 3. The van der Waals surface area contributed by atoms with E-state index in [0.717, 1.165) is 6.07 Å². The molecule has 0 fully saturated rings. The van der Waals surface area contributed by atoms with Crippen molar-refractivity contribution < 1.29 is 27.8 Å². The van der Waals surface area contributed by atoms with E-state index in [1.807, 2.05) is 0 Å². The van der Waals surface area contributed by atoms with Crippen molar-refractivity contribution in [1.82, 2.24) is 0 Å². The maximum atomic E-state index is 12.9. The normalized spacial score (nSPS) is 10.9. The molecule has 118 valence electrons. The Labute approximate surface area is 129 Å². The number of Topliss-reactive ketones (excluding diaryl/α,β-unsaturated/α-hetero) is 1. The van der Waals surface area contributed by atoms with E-state index in [0.29, 0.717) is 6.07 Å². The number of carbonyl (C=O) groups excluding carboxylic acids is 1. The molecule has 23 heavy (non-hydrogen) atoms. The summed E-state index contributed by atoms with van der Waals surface area (Å²) in [6, 6.07) is 8.31. The minimum absolute atomic E-state index is 0.0738. The zero-order chi connectivity index (χ0) is 17.2. The largest absolute Gasteiger partial charge is 0.507 e. The average Bonchev–Trinajstić information content (AvgIpc) is 2.46. The number of benzene rings is 2. The molecule has 0 atom stereocenters. The number of aromatic hydroxyl groups is 1. The van der Waals surface area contributed by atoms with Gasteiger partial charge in [-0.2, -0.15) is 18.4 Å². The number of nitriles is 1. The van der Waals surface area contributed by atoms with E-state index in [9.17, 15) is 23.1 Å². The number of ketones is 1. The number of hydrogen-bond donors (Lipinski definition) is 1.